The van der Waals surface area contributed by atoms with Crippen LogP contribution in [0.3, 0.4) is 0 Å². The molecule has 10 aliphatic rings. The summed E-state index contributed by atoms with van der Waals surface area (Å²) in [7, 11) is 1.15. The van der Waals surface area contributed by atoms with E-state index < -0.39 is 185 Å². The number of hydrogen-bond donors (Lipinski definition) is 5. The molecule has 5 saturated heterocycles. The summed E-state index contributed by atoms with van der Waals surface area (Å²) >= 11 is 0. The Hall–Kier alpha value is -5.03. The molecule has 2 bridgehead atoms. The van der Waals surface area contributed by atoms with Crippen LogP contribution < -0.4 is 5.32 Å². The standard InChI is InChI=1S/C68H98N2O23/c1-31-14-19-49(90-55-29-66(11,70(80)81)61(39(9)86-55)69-65(79)82-13)33(3)24-45-47(74)25-41(30-71)28-68(45)63(77)56(64(78)93-68)62(76)67(12)44(31)17-16-43-57(67)34(4)22-35(5)58(43)92-54-27-51(60(38(8)85-54)87-40(10)72)88-42-15-20-50(32(2)23-42)89-53-26-48(75)59(37(7)84-53)91-52-21-18-46(73)36(6)83-52/h14,16-17,24-25,30,32,34-39,42-55,57-61,73-76H,15,18-23,26-29H2,1-13H3,(H,69,79)/b31-14+,33-24+,62-56+/t32-,34+,35+,36+,37+,38+,39-,42+,43+,44+,45-,46-,47+,48-,49+,50?,51-,52+,53+,54+,55+,57-,58+,59?,60+,61?,66+,67-,68?/m1/s1. The lowest BCUT2D eigenvalue weighted by Gasteiger charge is -2.56. The largest absolute Gasteiger partial charge is 0.511 e. The first kappa shape index (κ1) is 70.8. The number of aliphatic hydroxyl groups excluding tert-OH is 4. The summed E-state index contributed by atoms with van der Waals surface area (Å²) in [5.41, 5.74) is -4.85. The molecule has 7 fully saturated rings. The van der Waals surface area contributed by atoms with Crippen molar-refractivity contribution in [1.82, 2.24) is 5.32 Å². The molecule has 0 aromatic heterocycles. The predicted octanol–water partition coefficient (Wildman–Crippen LogP) is 7.02. The minimum Gasteiger partial charge on any atom is -0.511 e. The van der Waals surface area contributed by atoms with E-state index in [9.17, 15) is 49.7 Å². The minimum atomic E-state index is -2.19. The number of nitro groups is 1. The van der Waals surface area contributed by atoms with E-state index in [4.69, 9.17) is 56.8 Å². The number of methoxy groups -OCH3 is 1. The Morgan fingerprint density at radius 1 is 0.731 bits per heavy atom. The molecule has 5 N–H and O–H groups in total. The monoisotopic (exact) mass is 1310 g/mol. The number of amides is 1. The average molecular weight is 1310 g/mol. The van der Waals surface area contributed by atoms with Crippen LogP contribution in [-0.2, 0) is 76.0 Å². The molecular weight excluding hydrogens is 1210 g/mol. The molecule has 0 radical (unpaired) electrons. The van der Waals surface area contributed by atoms with Crippen molar-refractivity contribution in [2.24, 2.45) is 46.8 Å². The molecule has 0 aromatic carbocycles. The number of hydrogen-bond acceptors (Lipinski definition) is 23. The number of fused-ring (bicyclic) bond motifs is 4. The van der Waals surface area contributed by atoms with Crippen molar-refractivity contribution in [1.29, 1.82) is 0 Å². The molecule has 518 valence electrons. The second kappa shape index (κ2) is 28.2. The Morgan fingerprint density at radius 3 is 2.06 bits per heavy atom. The van der Waals surface area contributed by atoms with Gasteiger partial charge < -0.3 is 82.6 Å². The molecule has 93 heavy (non-hydrogen) atoms. The van der Waals surface area contributed by atoms with Crippen molar-refractivity contribution in [2.45, 2.75) is 282 Å². The molecule has 2 saturated carbocycles. The lowest BCUT2D eigenvalue weighted by molar-refractivity contribution is -0.584. The number of ether oxygens (including phenoxy) is 12. The SMILES string of the molecule is COC(=O)NC1[C@@H](C)O[C@@H](O[C@H]2C/C=C(\C)[C@@H]3C=C[C@@H]4[C@@H](O[C@H]5C[C@@H](O[C@H]6CCC(O[C@H]7C[C@@H](O)C(O[C@H]8CC[C@@H](O)[C@H](C)O8)[C@H](C)O7)[C@H](C)C6)[C@@H](OC(C)=O)[C@H](C)O5)[C@@H](C)C[C@H](C)[C@H]4[C@]3(C)/C(O)=C3\C(=O)OC4(CC(C=O)=C[C@H](O)[C@H]4/C=C/2C)C3=O)C[C@]1(C)[N+](=O)[O-]. The summed E-state index contributed by atoms with van der Waals surface area (Å²) < 4.78 is 75.6. The van der Waals surface area contributed by atoms with E-state index in [0.29, 0.717) is 50.4 Å². The maximum absolute atomic E-state index is 15.6. The van der Waals surface area contributed by atoms with Gasteiger partial charge in [0, 0.05) is 61.7 Å². The highest BCUT2D eigenvalue weighted by molar-refractivity contribution is 6.26. The first-order chi connectivity index (χ1) is 43.9. The maximum atomic E-state index is 15.6. The van der Waals surface area contributed by atoms with Crippen molar-refractivity contribution in [3.05, 3.63) is 68.5 Å². The van der Waals surface area contributed by atoms with Gasteiger partial charge >= 0.3 is 18.0 Å². The summed E-state index contributed by atoms with van der Waals surface area (Å²) in [5.74, 6) is -6.27. The molecule has 1 amide bonds. The van der Waals surface area contributed by atoms with Crippen LogP contribution in [0.5, 0.6) is 0 Å². The highest BCUT2D eigenvalue weighted by Gasteiger charge is 2.65. The number of carbonyl (C=O) groups is 5. The Bertz CT molecular complexity index is 2950. The van der Waals surface area contributed by atoms with Crippen LogP contribution in [0.2, 0.25) is 0 Å². The van der Waals surface area contributed by atoms with Gasteiger partial charge in [0.15, 0.2) is 36.9 Å². The van der Waals surface area contributed by atoms with E-state index in [1.165, 1.54) is 19.9 Å². The molecule has 10 rings (SSSR count). The normalized spacial score (nSPS) is 48.2. The molecule has 0 aromatic rings. The second-order valence-electron chi connectivity index (χ2n) is 28.8. The van der Waals surface area contributed by atoms with E-state index in [0.717, 1.165) is 12.7 Å². The van der Waals surface area contributed by atoms with Crippen LogP contribution in [-0.4, -0.2) is 190 Å². The first-order valence-electron chi connectivity index (χ1n) is 33.4. The number of allylic oxidation sites excluding steroid dienone is 3. The Kier molecular flexibility index (Phi) is 21.5. The van der Waals surface area contributed by atoms with Gasteiger partial charge in [0.2, 0.25) is 11.3 Å². The molecule has 1 spiro atoms. The van der Waals surface area contributed by atoms with Gasteiger partial charge in [-0.25, -0.2) is 9.59 Å². The fourth-order valence-corrected chi connectivity index (χ4v) is 17.4. The zero-order valence-corrected chi connectivity index (χ0v) is 55.7. The van der Waals surface area contributed by atoms with Gasteiger partial charge in [0.25, 0.3) is 0 Å². The van der Waals surface area contributed by atoms with Crippen molar-refractivity contribution < 1.29 is 106 Å². The van der Waals surface area contributed by atoms with Crippen LogP contribution in [0.25, 0.3) is 0 Å². The number of ketones is 1. The summed E-state index contributed by atoms with van der Waals surface area (Å²) in [6.07, 6.45) is -1.15. The number of rotatable bonds is 14. The summed E-state index contributed by atoms with van der Waals surface area (Å²) in [4.78, 5) is 80.5. The molecule has 25 nitrogen and oxygen atoms in total. The van der Waals surface area contributed by atoms with Gasteiger partial charge in [0.1, 0.15) is 35.9 Å². The van der Waals surface area contributed by atoms with Gasteiger partial charge in [0.05, 0.1) is 86.6 Å². The average Bonchev–Trinajstić information content (AvgIpc) is 1.68. The Balaban J connectivity index is 0.904. The zero-order chi connectivity index (χ0) is 67.5. The van der Waals surface area contributed by atoms with Crippen molar-refractivity contribution in [3.63, 3.8) is 0 Å². The highest BCUT2D eigenvalue weighted by atomic mass is 16.7. The van der Waals surface area contributed by atoms with Gasteiger partial charge in [-0.05, 0) is 121 Å². The lowest BCUT2D eigenvalue weighted by Crippen LogP contribution is -2.65. The Labute approximate surface area is 543 Å². The number of Topliss-reactive ketones (excluding diaryl/α,β-unsaturated/α-hetero) is 1. The number of alkyl carbamates (subject to hydrolysis) is 1. The number of aliphatic hydroxyl groups is 4. The predicted molar refractivity (Wildman–Crippen MR) is 328 cm³/mol. The number of esters is 2. The van der Waals surface area contributed by atoms with Crippen molar-refractivity contribution >= 4 is 30.1 Å². The summed E-state index contributed by atoms with van der Waals surface area (Å²) in [5, 5.41) is 62.1. The van der Waals surface area contributed by atoms with Gasteiger partial charge in [-0.2, -0.15) is 0 Å². The third-order valence-corrected chi connectivity index (χ3v) is 22.2. The highest BCUT2D eigenvalue weighted by Crippen LogP contribution is 2.61. The maximum Gasteiger partial charge on any atom is 0.407 e. The molecule has 29 atom stereocenters. The molecule has 25 heteroatoms. The number of aldehydes is 1. The molecular formula is C68H98N2O23. The lowest BCUT2D eigenvalue weighted by atomic mass is 9.49. The van der Waals surface area contributed by atoms with E-state index in [1.54, 1.807) is 26.8 Å². The zero-order valence-electron chi connectivity index (χ0n) is 55.7. The first-order valence-corrected chi connectivity index (χ1v) is 33.4. The molecule has 4 unspecified atom stereocenters. The second-order valence-corrected chi connectivity index (χ2v) is 28.8. The fourth-order valence-electron chi connectivity index (χ4n) is 17.4. The fraction of sp³-hybridized carbons (Fsp3) is 0.779. The smallest absolute Gasteiger partial charge is 0.407 e. The van der Waals surface area contributed by atoms with Crippen LogP contribution in [0.15, 0.2) is 58.4 Å². The van der Waals surface area contributed by atoms with E-state index >= 15 is 4.79 Å². The van der Waals surface area contributed by atoms with Gasteiger partial charge in [-0.3, -0.25) is 24.5 Å². The van der Waals surface area contributed by atoms with Crippen LogP contribution in [0, 0.1) is 57.0 Å². The summed E-state index contributed by atoms with van der Waals surface area (Å²) in [6.45, 7) is 21.4. The van der Waals surface area contributed by atoms with E-state index in [2.05, 4.69) is 32.2 Å². The van der Waals surface area contributed by atoms with Crippen LogP contribution in [0.4, 0.5) is 4.79 Å². The van der Waals surface area contributed by atoms with Crippen molar-refractivity contribution in [3.8, 4) is 0 Å². The van der Waals surface area contributed by atoms with Crippen LogP contribution in [0.1, 0.15) is 154 Å². The van der Waals surface area contributed by atoms with E-state index in [1.807, 2.05) is 39.8 Å². The third kappa shape index (κ3) is 14.0. The molecule has 5 heterocycles. The van der Waals surface area contributed by atoms with Gasteiger partial charge in [-0.1, -0.05) is 57.6 Å². The van der Waals surface area contributed by atoms with E-state index in [-0.39, 0.29) is 67.3 Å². The van der Waals surface area contributed by atoms with Crippen LogP contribution >= 0.6 is 0 Å². The third-order valence-electron chi connectivity index (χ3n) is 22.2. The number of nitrogens with zero attached hydrogens (tertiary/aromatic N) is 1. The minimum absolute atomic E-state index is 0.00496. The number of nitrogens with one attached hydrogen (secondary N) is 1. The Morgan fingerprint density at radius 2 is 1.41 bits per heavy atom. The van der Waals surface area contributed by atoms with Gasteiger partial charge in [-0.15, -0.1) is 0 Å². The topological polar surface area (TPSA) is 332 Å². The molecule has 5 aliphatic heterocycles. The molecule has 5 aliphatic carbocycles. The summed E-state index contributed by atoms with van der Waals surface area (Å²) in [6, 6.07) is -1.12. The van der Waals surface area contributed by atoms with Crippen molar-refractivity contribution in [2.75, 3.05) is 7.11 Å². The number of carbonyl (C=O) groups excluding carboxylic acids is 5. The quantitative estimate of drug-likeness (QED) is 0.0222.